The molecular formula is C9H8ClNO. The first-order chi connectivity index (χ1) is 5.86. The number of pyridine rings is 1. The van der Waals surface area contributed by atoms with Crippen molar-refractivity contribution in [1.82, 2.24) is 4.98 Å². The summed E-state index contributed by atoms with van der Waals surface area (Å²) in [4.78, 5) is 4.29. The van der Waals surface area contributed by atoms with Crippen LogP contribution in [0.25, 0.3) is 0 Å². The summed E-state index contributed by atoms with van der Waals surface area (Å²) < 4.78 is 5.68. The van der Waals surface area contributed by atoms with E-state index in [9.17, 15) is 0 Å². The Balaban J connectivity index is 2.26. The number of fused-ring (bicyclic) bond motifs is 5. The summed E-state index contributed by atoms with van der Waals surface area (Å²) in [7, 11) is 0. The van der Waals surface area contributed by atoms with E-state index < -0.39 is 0 Å². The number of rotatable bonds is 0. The molecule has 3 heteroatoms. The fraction of sp³-hybridized carbons (Fsp3) is 0.444. The van der Waals surface area contributed by atoms with Crippen LogP contribution in [0.2, 0.25) is 5.02 Å². The molecule has 1 saturated heterocycles. The van der Waals surface area contributed by atoms with Crippen LogP contribution in [0.5, 0.6) is 0 Å². The fourth-order valence-corrected chi connectivity index (χ4v) is 2.37. The maximum atomic E-state index is 6.04. The maximum absolute atomic E-state index is 6.04. The second kappa shape index (κ2) is 2.21. The minimum Gasteiger partial charge on any atom is -0.364 e. The van der Waals surface area contributed by atoms with Crippen LogP contribution in [0.15, 0.2) is 12.3 Å². The van der Waals surface area contributed by atoms with Gasteiger partial charge in [0.1, 0.15) is 6.10 Å². The van der Waals surface area contributed by atoms with Gasteiger partial charge in [-0.2, -0.15) is 0 Å². The molecule has 2 unspecified atom stereocenters. The van der Waals surface area contributed by atoms with E-state index in [4.69, 9.17) is 16.3 Å². The van der Waals surface area contributed by atoms with Crippen LogP contribution in [0.4, 0.5) is 0 Å². The van der Waals surface area contributed by atoms with E-state index in [1.54, 1.807) is 6.20 Å². The van der Waals surface area contributed by atoms with Crippen LogP contribution in [0.1, 0.15) is 36.3 Å². The van der Waals surface area contributed by atoms with Gasteiger partial charge < -0.3 is 4.74 Å². The zero-order chi connectivity index (χ0) is 8.13. The monoisotopic (exact) mass is 181 g/mol. The molecule has 0 saturated carbocycles. The average Bonchev–Trinajstić information content (AvgIpc) is 2.64. The molecule has 1 aromatic rings. The van der Waals surface area contributed by atoms with Crippen molar-refractivity contribution in [2.45, 2.75) is 25.0 Å². The van der Waals surface area contributed by atoms with Crippen molar-refractivity contribution in [2.75, 3.05) is 0 Å². The van der Waals surface area contributed by atoms with Crippen LogP contribution in [-0.2, 0) is 4.74 Å². The summed E-state index contributed by atoms with van der Waals surface area (Å²) >= 11 is 6.04. The van der Waals surface area contributed by atoms with Gasteiger partial charge in [-0.3, -0.25) is 4.98 Å². The SMILES string of the molecule is Clc1ccnc2c1C1CCC2O1. The molecule has 2 bridgehead atoms. The molecule has 0 amide bonds. The number of aromatic nitrogens is 1. The Morgan fingerprint density at radius 2 is 2.25 bits per heavy atom. The lowest BCUT2D eigenvalue weighted by Crippen LogP contribution is -2.00. The Bertz CT molecular complexity index is 339. The fourth-order valence-electron chi connectivity index (χ4n) is 2.09. The lowest BCUT2D eigenvalue weighted by Gasteiger charge is -2.10. The molecule has 2 atom stereocenters. The zero-order valence-corrected chi connectivity index (χ0v) is 7.21. The number of ether oxygens (including phenoxy) is 1. The molecule has 12 heavy (non-hydrogen) atoms. The van der Waals surface area contributed by atoms with Crippen molar-refractivity contribution >= 4 is 11.6 Å². The molecule has 3 heterocycles. The highest BCUT2D eigenvalue weighted by Crippen LogP contribution is 2.51. The van der Waals surface area contributed by atoms with Crippen molar-refractivity contribution in [3.63, 3.8) is 0 Å². The first-order valence-corrected chi connectivity index (χ1v) is 4.54. The van der Waals surface area contributed by atoms with E-state index in [1.165, 1.54) is 0 Å². The van der Waals surface area contributed by atoms with Crippen LogP contribution in [0.3, 0.4) is 0 Å². The molecule has 0 N–H and O–H groups in total. The minimum atomic E-state index is 0.226. The minimum absolute atomic E-state index is 0.226. The quantitative estimate of drug-likeness (QED) is 0.614. The number of nitrogens with zero attached hydrogens (tertiary/aromatic N) is 1. The van der Waals surface area contributed by atoms with Gasteiger partial charge in [0.15, 0.2) is 0 Å². The Morgan fingerprint density at radius 3 is 3.08 bits per heavy atom. The molecule has 0 aliphatic carbocycles. The van der Waals surface area contributed by atoms with Crippen molar-refractivity contribution in [2.24, 2.45) is 0 Å². The maximum Gasteiger partial charge on any atom is 0.101 e. The number of hydrogen-bond donors (Lipinski definition) is 0. The first-order valence-electron chi connectivity index (χ1n) is 4.16. The third-order valence-electron chi connectivity index (χ3n) is 2.61. The summed E-state index contributed by atoms with van der Waals surface area (Å²) in [6.07, 6.45) is 4.41. The zero-order valence-electron chi connectivity index (χ0n) is 6.46. The lowest BCUT2D eigenvalue weighted by molar-refractivity contribution is 0.0704. The lowest BCUT2D eigenvalue weighted by atomic mass is 9.96. The third kappa shape index (κ3) is 0.718. The molecule has 3 rings (SSSR count). The molecule has 0 radical (unpaired) electrons. The third-order valence-corrected chi connectivity index (χ3v) is 2.94. The van der Waals surface area contributed by atoms with Crippen LogP contribution in [-0.4, -0.2) is 4.98 Å². The molecule has 1 aromatic heterocycles. The Morgan fingerprint density at radius 1 is 1.42 bits per heavy atom. The van der Waals surface area contributed by atoms with Crippen molar-refractivity contribution in [3.8, 4) is 0 Å². The van der Waals surface area contributed by atoms with Crippen molar-refractivity contribution in [1.29, 1.82) is 0 Å². The highest BCUT2D eigenvalue weighted by Gasteiger charge is 2.40. The second-order valence-electron chi connectivity index (χ2n) is 3.28. The Labute approximate surface area is 75.5 Å². The predicted molar refractivity (Wildman–Crippen MR) is 45.0 cm³/mol. The largest absolute Gasteiger partial charge is 0.364 e. The highest BCUT2D eigenvalue weighted by molar-refractivity contribution is 6.31. The Hall–Kier alpha value is -0.600. The van der Waals surface area contributed by atoms with Gasteiger partial charge in [-0.25, -0.2) is 0 Å². The summed E-state index contributed by atoms with van der Waals surface area (Å²) in [5.74, 6) is 0. The van der Waals surface area contributed by atoms with Gasteiger partial charge >= 0.3 is 0 Å². The average molecular weight is 182 g/mol. The summed E-state index contributed by atoms with van der Waals surface area (Å²) in [6.45, 7) is 0. The second-order valence-corrected chi connectivity index (χ2v) is 3.69. The van der Waals surface area contributed by atoms with Gasteiger partial charge in [0.25, 0.3) is 0 Å². The van der Waals surface area contributed by atoms with Gasteiger partial charge in [0, 0.05) is 16.8 Å². The van der Waals surface area contributed by atoms with E-state index in [2.05, 4.69) is 4.98 Å². The van der Waals surface area contributed by atoms with E-state index in [1.807, 2.05) is 6.07 Å². The van der Waals surface area contributed by atoms with E-state index in [0.29, 0.717) is 0 Å². The molecule has 0 spiro atoms. The molecule has 2 aliphatic heterocycles. The van der Waals surface area contributed by atoms with E-state index in [0.717, 1.165) is 29.1 Å². The van der Waals surface area contributed by atoms with Gasteiger partial charge in [-0.1, -0.05) is 11.6 Å². The van der Waals surface area contributed by atoms with Crippen molar-refractivity contribution < 1.29 is 4.74 Å². The predicted octanol–water partition coefficient (Wildman–Crippen LogP) is 2.64. The van der Waals surface area contributed by atoms with Gasteiger partial charge in [0.05, 0.1) is 11.8 Å². The van der Waals surface area contributed by atoms with Crippen molar-refractivity contribution in [3.05, 3.63) is 28.5 Å². The van der Waals surface area contributed by atoms with Gasteiger partial charge in [-0.05, 0) is 18.9 Å². The number of halogens is 1. The van der Waals surface area contributed by atoms with Crippen LogP contribution < -0.4 is 0 Å². The molecule has 0 aromatic carbocycles. The van der Waals surface area contributed by atoms with E-state index in [-0.39, 0.29) is 12.2 Å². The molecular weight excluding hydrogens is 174 g/mol. The molecule has 1 fully saturated rings. The normalized spacial score (nSPS) is 30.8. The smallest absolute Gasteiger partial charge is 0.101 e. The topological polar surface area (TPSA) is 22.1 Å². The van der Waals surface area contributed by atoms with Gasteiger partial charge in [0.2, 0.25) is 0 Å². The van der Waals surface area contributed by atoms with Crippen LogP contribution >= 0.6 is 11.6 Å². The summed E-state index contributed by atoms with van der Waals surface area (Å²) in [5, 5.41) is 0.812. The highest BCUT2D eigenvalue weighted by atomic mass is 35.5. The summed E-state index contributed by atoms with van der Waals surface area (Å²) in [6, 6.07) is 1.84. The van der Waals surface area contributed by atoms with Gasteiger partial charge in [-0.15, -0.1) is 0 Å². The van der Waals surface area contributed by atoms with E-state index >= 15 is 0 Å². The first kappa shape index (κ1) is 6.87. The number of hydrogen-bond acceptors (Lipinski definition) is 2. The molecule has 2 nitrogen and oxygen atoms in total. The summed E-state index contributed by atoms with van der Waals surface area (Å²) in [5.41, 5.74) is 2.20. The Kier molecular flexibility index (Phi) is 1.26. The molecule has 62 valence electrons. The standard InChI is InChI=1S/C9H8ClNO/c10-5-3-4-11-9-7-2-1-6(12-7)8(5)9/h3-4,6-7H,1-2H2. The molecule has 2 aliphatic rings. The van der Waals surface area contributed by atoms with Crippen LogP contribution in [0, 0.1) is 0 Å².